The predicted molar refractivity (Wildman–Crippen MR) is 64.9 cm³/mol. The van der Waals surface area contributed by atoms with E-state index in [2.05, 4.69) is 29.6 Å². The van der Waals surface area contributed by atoms with Crippen LogP contribution in [0.25, 0.3) is 0 Å². The number of anilines is 1. The number of phenolic OH excluding ortho intramolecular Hbond substituents is 1. The van der Waals surface area contributed by atoms with Crippen LogP contribution < -0.4 is 5.32 Å². The summed E-state index contributed by atoms with van der Waals surface area (Å²) in [6, 6.07) is 15.9. The predicted octanol–water partition coefficient (Wildman–Crippen LogP) is 2.95. The Labute approximate surface area is 94.6 Å². The molecule has 0 amide bonds. The minimum atomic E-state index is 0.336. The number of hydrogen-bond acceptors (Lipinski definition) is 2. The summed E-state index contributed by atoms with van der Waals surface area (Å²) in [4.78, 5) is 0. The minimum Gasteiger partial charge on any atom is -0.508 e. The van der Waals surface area contributed by atoms with Gasteiger partial charge in [0, 0.05) is 18.2 Å². The molecule has 2 heteroatoms. The molecule has 2 aromatic rings. The van der Waals surface area contributed by atoms with Crippen molar-refractivity contribution in [3.8, 4) is 5.75 Å². The molecule has 1 heterocycles. The Morgan fingerprint density at radius 3 is 2.69 bits per heavy atom. The topological polar surface area (TPSA) is 32.3 Å². The van der Waals surface area contributed by atoms with Crippen LogP contribution in [-0.4, -0.2) is 11.7 Å². The minimum absolute atomic E-state index is 0.336. The second-order valence-electron chi connectivity index (χ2n) is 4.12. The van der Waals surface area contributed by atoms with Gasteiger partial charge < -0.3 is 10.4 Å². The summed E-state index contributed by atoms with van der Waals surface area (Å²) in [7, 11) is 0. The molecule has 0 spiro atoms. The molecule has 1 aliphatic heterocycles. The van der Waals surface area contributed by atoms with Crippen LogP contribution in [0.5, 0.6) is 5.75 Å². The maximum Gasteiger partial charge on any atom is 0.116 e. The SMILES string of the molecule is Oc1ccc2c(c1)C(c1ccccc1)CN2. The van der Waals surface area contributed by atoms with Crippen molar-refractivity contribution in [2.24, 2.45) is 0 Å². The molecule has 2 N–H and O–H groups in total. The van der Waals surface area contributed by atoms with E-state index in [9.17, 15) is 5.11 Å². The second kappa shape index (κ2) is 3.56. The molecule has 0 aliphatic carbocycles. The third-order valence-electron chi connectivity index (χ3n) is 3.11. The lowest BCUT2D eigenvalue weighted by atomic mass is 9.93. The van der Waals surface area contributed by atoms with Crippen molar-refractivity contribution in [3.63, 3.8) is 0 Å². The van der Waals surface area contributed by atoms with Crippen LogP contribution in [-0.2, 0) is 0 Å². The summed E-state index contributed by atoms with van der Waals surface area (Å²) in [5.41, 5.74) is 3.61. The normalized spacial score (nSPS) is 17.9. The molecular weight excluding hydrogens is 198 g/mol. The van der Waals surface area contributed by atoms with E-state index in [0.717, 1.165) is 12.2 Å². The fourth-order valence-corrected chi connectivity index (χ4v) is 2.30. The quantitative estimate of drug-likeness (QED) is 0.711. The summed E-state index contributed by atoms with van der Waals surface area (Å²) in [6.07, 6.45) is 0. The summed E-state index contributed by atoms with van der Waals surface area (Å²) < 4.78 is 0. The van der Waals surface area contributed by atoms with Gasteiger partial charge in [0.05, 0.1) is 0 Å². The fourth-order valence-electron chi connectivity index (χ4n) is 2.30. The molecule has 0 fully saturated rings. The van der Waals surface area contributed by atoms with Crippen molar-refractivity contribution >= 4 is 5.69 Å². The fraction of sp³-hybridized carbons (Fsp3) is 0.143. The monoisotopic (exact) mass is 211 g/mol. The molecule has 0 aromatic heterocycles. The Morgan fingerprint density at radius 1 is 1.06 bits per heavy atom. The van der Waals surface area contributed by atoms with E-state index < -0.39 is 0 Å². The summed E-state index contributed by atoms with van der Waals surface area (Å²) in [5.74, 6) is 0.687. The second-order valence-corrected chi connectivity index (χ2v) is 4.12. The highest BCUT2D eigenvalue weighted by atomic mass is 16.3. The summed E-state index contributed by atoms with van der Waals surface area (Å²) >= 11 is 0. The van der Waals surface area contributed by atoms with Gasteiger partial charge in [0.15, 0.2) is 0 Å². The van der Waals surface area contributed by atoms with E-state index in [1.165, 1.54) is 11.1 Å². The third kappa shape index (κ3) is 1.43. The van der Waals surface area contributed by atoms with Gasteiger partial charge in [-0.2, -0.15) is 0 Å². The van der Waals surface area contributed by atoms with Gasteiger partial charge in [0.2, 0.25) is 0 Å². The molecule has 1 unspecified atom stereocenters. The van der Waals surface area contributed by atoms with Crippen molar-refractivity contribution < 1.29 is 5.11 Å². The molecule has 0 bridgehead atoms. The van der Waals surface area contributed by atoms with Gasteiger partial charge in [-0.1, -0.05) is 30.3 Å². The van der Waals surface area contributed by atoms with Crippen LogP contribution in [0, 0.1) is 0 Å². The number of benzene rings is 2. The Kier molecular flexibility index (Phi) is 2.07. The van der Waals surface area contributed by atoms with E-state index in [4.69, 9.17) is 0 Å². The van der Waals surface area contributed by atoms with E-state index in [1.807, 2.05) is 18.2 Å². The molecular formula is C14H13NO. The highest BCUT2D eigenvalue weighted by molar-refractivity contribution is 5.62. The van der Waals surface area contributed by atoms with Crippen LogP contribution >= 0.6 is 0 Å². The standard InChI is InChI=1S/C14H13NO/c16-11-6-7-14-12(8-11)13(9-15-14)10-4-2-1-3-5-10/h1-8,13,15-16H,9H2. The van der Waals surface area contributed by atoms with Gasteiger partial charge in [-0.15, -0.1) is 0 Å². The van der Waals surface area contributed by atoms with E-state index in [1.54, 1.807) is 6.07 Å². The molecule has 0 saturated heterocycles. The maximum atomic E-state index is 9.53. The highest BCUT2D eigenvalue weighted by Gasteiger charge is 2.23. The average molecular weight is 211 g/mol. The zero-order valence-corrected chi connectivity index (χ0v) is 8.85. The Morgan fingerprint density at radius 2 is 1.88 bits per heavy atom. The number of aromatic hydroxyl groups is 1. The van der Waals surface area contributed by atoms with Crippen molar-refractivity contribution in [1.82, 2.24) is 0 Å². The van der Waals surface area contributed by atoms with Crippen LogP contribution in [0.15, 0.2) is 48.5 Å². The summed E-state index contributed by atoms with van der Waals surface area (Å²) in [5, 5.41) is 12.9. The van der Waals surface area contributed by atoms with Gasteiger partial charge in [-0.25, -0.2) is 0 Å². The molecule has 3 rings (SSSR count). The zero-order chi connectivity index (χ0) is 11.0. The lowest BCUT2D eigenvalue weighted by Gasteiger charge is -2.10. The Hall–Kier alpha value is -1.96. The number of hydrogen-bond donors (Lipinski definition) is 2. The van der Waals surface area contributed by atoms with Crippen molar-refractivity contribution in [2.45, 2.75) is 5.92 Å². The van der Waals surface area contributed by atoms with E-state index in [-0.39, 0.29) is 0 Å². The van der Waals surface area contributed by atoms with Gasteiger partial charge in [0.25, 0.3) is 0 Å². The molecule has 0 radical (unpaired) electrons. The van der Waals surface area contributed by atoms with Crippen molar-refractivity contribution in [2.75, 3.05) is 11.9 Å². The van der Waals surface area contributed by atoms with E-state index in [0.29, 0.717) is 11.7 Å². The number of rotatable bonds is 1. The largest absolute Gasteiger partial charge is 0.508 e. The summed E-state index contributed by atoms with van der Waals surface area (Å²) in [6.45, 7) is 0.906. The molecule has 80 valence electrons. The van der Waals surface area contributed by atoms with Crippen molar-refractivity contribution in [3.05, 3.63) is 59.7 Å². The highest BCUT2D eigenvalue weighted by Crippen LogP contribution is 2.37. The van der Waals surface area contributed by atoms with Crippen LogP contribution in [0.3, 0.4) is 0 Å². The first-order valence-electron chi connectivity index (χ1n) is 5.46. The lowest BCUT2D eigenvalue weighted by Crippen LogP contribution is -2.03. The van der Waals surface area contributed by atoms with Crippen LogP contribution in [0.2, 0.25) is 0 Å². The Balaban J connectivity index is 2.06. The lowest BCUT2D eigenvalue weighted by molar-refractivity contribution is 0.474. The smallest absolute Gasteiger partial charge is 0.116 e. The van der Waals surface area contributed by atoms with Gasteiger partial charge >= 0.3 is 0 Å². The van der Waals surface area contributed by atoms with Gasteiger partial charge in [-0.3, -0.25) is 0 Å². The molecule has 1 aliphatic rings. The van der Waals surface area contributed by atoms with Gasteiger partial charge in [-0.05, 0) is 29.3 Å². The van der Waals surface area contributed by atoms with Crippen molar-refractivity contribution in [1.29, 1.82) is 0 Å². The van der Waals surface area contributed by atoms with Crippen LogP contribution in [0.1, 0.15) is 17.0 Å². The molecule has 0 saturated carbocycles. The Bertz CT molecular complexity index is 507. The molecule has 2 aromatic carbocycles. The van der Waals surface area contributed by atoms with E-state index >= 15 is 0 Å². The molecule has 2 nitrogen and oxygen atoms in total. The maximum absolute atomic E-state index is 9.53. The first kappa shape index (κ1) is 9.28. The first-order valence-corrected chi connectivity index (χ1v) is 5.46. The number of fused-ring (bicyclic) bond motifs is 1. The zero-order valence-electron chi connectivity index (χ0n) is 8.85. The van der Waals surface area contributed by atoms with Crippen LogP contribution in [0.4, 0.5) is 5.69 Å². The molecule has 1 atom stereocenters. The first-order chi connectivity index (χ1) is 7.84. The van der Waals surface area contributed by atoms with Gasteiger partial charge in [0.1, 0.15) is 5.75 Å². The number of phenols is 1. The average Bonchev–Trinajstić information content (AvgIpc) is 2.73. The molecule has 16 heavy (non-hydrogen) atoms. The number of nitrogens with one attached hydrogen (secondary N) is 1. The third-order valence-corrected chi connectivity index (χ3v) is 3.11.